The van der Waals surface area contributed by atoms with Crippen LogP contribution in [0.5, 0.6) is 0 Å². The summed E-state index contributed by atoms with van der Waals surface area (Å²) in [4.78, 5) is 4.10. The molecule has 1 atom stereocenters. The second-order valence-electron chi connectivity index (χ2n) is 2.24. The van der Waals surface area contributed by atoms with Crippen LogP contribution in [0.3, 0.4) is 0 Å². The number of nitrogens with two attached hydrogens (primary N) is 2. The minimum Gasteiger partial charge on any atom is -0.329 e. The molecule has 0 saturated heterocycles. The maximum absolute atomic E-state index is 5.64. The van der Waals surface area contributed by atoms with Gasteiger partial charge in [-0.2, -0.15) is 0 Å². The lowest BCUT2D eigenvalue weighted by molar-refractivity contribution is 0.710. The largest absolute Gasteiger partial charge is 0.329 e. The van der Waals surface area contributed by atoms with Crippen molar-refractivity contribution in [3.8, 4) is 0 Å². The number of rotatable bonds is 2. The second kappa shape index (κ2) is 3.80. The summed E-state index contributed by atoms with van der Waals surface area (Å²) >= 11 is 3.28. The Morgan fingerprint density at radius 3 is 2.73 bits per heavy atom. The van der Waals surface area contributed by atoms with Crippen molar-refractivity contribution in [3.63, 3.8) is 0 Å². The molecule has 0 aromatic carbocycles. The molecule has 0 spiro atoms. The SMILES string of the molecule is NC[C@H](N)c1ccc(Br)cn1. The van der Waals surface area contributed by atoms with Crippen LogP contribution in [0.1, 0.15) is 11.7 Å². The highest BCUT2D eigenvalue weighted by Gasteiger charge is 2.02. The van der Waals surface area contributed by atoms with E-state index in [4.69, 9.17) is 11.5 Å². The molecule has 4 heteroatoms. The number of aromatic nitrogens is 1. The molecule has 4 N–H and O–H groups in total. The van der Waals surface area contributed by atoms with Gasteiger partial charge in [-0.05, 0) is 28.1 Å². The van der Waals surface area contributed by atoms with Gasteiger partial charge >= 0.3 is 0 Å². The van der Waals surface area contributed by atoms with Crippen LogP contribution in [0.4, 0.5) is 0 Å². The van der Waals surface area contributed by atoms with Gasteiger partial charge in [0.25, 0.3) is 0 Å². The average Bonchev–Trinajstić information content (AvgIpc) is 2.05. The first-order valence-electron chi connectivity index (χ1n) is 3.31. The number of halogens is 1. The van der Waals surface area contributed by atoms with Crippen LogP contribution < -0.4 is 11.5 Å². The predicted octanol–water partition coefficient (Wildman–Crippen LogP) is 0.803. The van der Waals surface area contributed by atoms with Gasteiger partial charge in [0.15, 0.2) is 0 Å². The number of nitrogens with zero attached hydrogens (tertiary/aromatic N) is 1. The Morgan fingerprint density at radius 2 is 2.27 bits per heavy atom. The van der Waals surface area contributed by atoms with E-state index in [0.717, 1.165) is 10.2 Å². The van der Waals surface area contributed by atoms with Crippen molar-refractivity contribution in [2.75, 3.05) is 6.54 Å². The summed E-state index contributed by atoms with van der Waals surface area (Å²) in [6.45, 7) is 0.425. The van der Waals surface area contributed by atoms with Crippen LogP contribution >= 0.6 is 15.9 Å². The Kier molecular flexibility index (Phi) is 2.99. The van der Waals surface area contributed by atoms with Gasteiger partial charge in [-0.15, -0.1) is 0 Å². The molecule has 1 heterocycles. The molecule has 11 heavy (non-hydrogen) atoms. The molecule has 60 valence electrons. The van der Waals surface area contributed by atoms with Gasteiger partial charge in [0.05, 0.1) is 11.7 Å². The van der Waals surface area contributed by atoms with Gasteiger partial charge in [-0.25, -0.2) is 0 Å². The molecule has 0 unspecified atom stereocenters. The minimum atomic E-state index is -0.150. The first-order valence-corrected chi connectivity index (χ1v) is 4.10. The molecule has 0 aliphatic carbocycles. The lowest BCUT2D eigenvalue weighted by Gasteiger charge is -2.06. The molecule has 1 rings (SSSR count). The van der Waals surface area contributed by atoms with Crippen molar-refractivity contribution >= 4 is 15.9 Å². The fourth-order valence-corrected chi connectivity index (χ4v) is 0.962. The van der Waals surface area contributed by atoms with Gasteiger partial charge in [0, 0.05) is 17.2 Å². The van der Waals surface area contributed by atoms with Gasteiger partial charge in [0.2, 0.25) is 0 Å². The topological polar surface area (TPSA) is 64.9 Å². The summed E-state index contributed by atoms with van der Waals surface area (Å²) in [6, 6.07) is 3.61. The van der Waals surface area contributed by atoms with Crippen LogP contribution in [0.25, 0.3) is 0 Å². The fourth-order valence-electron chi connectivity index (χ4n) is 0.727. The Labute approximate surface area is 73.9 Å². The quantitative estimate of drug-likeness (QED) is 0.768. The lowest BCUT2D eigenvalue weighted by Crippen LogP contribution is -2.21. The summed E-state index contributed by atoms with van der Waals surface area (Å²) in [5.74, 6) is 0. The zero-order valence-corrected chi connectivity index (χ0v) is 7.58. The Morgan fingerprint density at radius 1 is 1.55 bits per heavy atom. The maximum atomic E-state index is 5.64. The number of pyridine rings is 1. The van der Waals surface area contributed by atoms with Gasteiger partial charge < -0.3 is 11.5 Å². The molecule has 1 aromatic rings. The van der Waals surface area contributed by atoms with Crippen molar-refractivity contribution < 1.29 is 0 Å². The molecule has 0 aliphatic rings. The molecule has 0 bridgehead atoms. The van der Waals surface area contributed by atoms with Crippen LogP contribution in [0.2, 0.25) is 0 Å². The predicted molar refractivity (Wildman–Crippen MR) is 47.9 cm³/mol. The van der Waals surface area contributed by atoms with E-state index in [1.165, 1.54) is 0 Å². The molecule has 0 saturated carbocycles. The van der Waals surface area contributed by atoms with Gasteiger partial charge in [-0.3, -0.25) is 4.98 Å². The fraction of sp³-hybridized carbons (Fsp3) is 0.286. The zero-order valence-electron chi connectivity index (χ0n) is 6.00. The Hall–Kier alpha value is -0.450. The first kappa shape index (κ1) is 8.64. The molecule has 0 aliphatic heterocycles. The molecular formula is C7H10BrN3. The van der Waals surface area contributed by atoms with Crippen LogP contribution in [-0.2, 0) is 0 Å². The van der Waals surface area contributed by atoms with E-state index in [1.807, 2.05) is 12.1 Å². The summed E-state index contributed by atoms with van der Waals surface area (Å²) in [5.41, 5.74) is 11.8. The van der Waals surface area contributed by atoms with Crippen molar-refractivity contribution in [3.05, 3.63) is 28.5 Å². The number of hydrogen-bond donors (Lipinski definition) is 2. The average molecular weight is 216 g/mol. The van der Waals surface area contributed by atoms with E-state index >= 15 is 0 Å². The summed E-state index contributed by atoms with van der Waals surface area (Å²) in [5, 5.41) is 0. The van der Waals surface area contributed by atoms with E-state index in [0.29, 0.717) is 6.54 Å². The van der Waals surface area contributed by atoms with Crippen LogP contribution in [0.15, 0.2) is 22.8 Å². The van der Waals surface area contributed by atoms with E-state index in [-0.39, 0.29) is 6.04 Å². The van der Waals surface area contributed by atoms with E-state index in [2.05, 4.69) is 20.9 Å². The molecule has 0 radical (unpaired) electrons. The van der Waals surface area contributed by atoms with E-state index in [1.54, 1.807) is 6.20 Å². The van der Waals surface area contributed by atoms with Crippen molar-refractivity contribution in [1.29, 1.82) is 0 Å². The third-order valence-corrected chi connectivity index (χ3v) is 1.85. The van der Waals surface area contributed by atoms with Crippen molar-refractivity contribution in [2.24, 2.45) is 11.5 Å². The molecule has 3 nitrogen and oxygen atoms in total. The summed E-state index contributed by atoms with van der Waals surface area (Å²) < 4.78 is 0.950. The molecular weight excluding hydrogens is 206 g/mol. The first-order chi connectivity index (χ1) is 5.24. The van der Waals surface area contributed by atoms with Gasteiger partial charge in [0.1, 0.15) is 0 Å². The lowest BCUT2D eigenvalue weighted by atomic mass is 10.2. The van der Waals surface area contributed by atoms with E-state index < -0.39 is 0 Å². The third kappa shape index (κ3) is 2.25. The van der Waals surface area contributed by atoms with Crippen molar-refractivity contribution in [2.45, 2.75) is 6.04 Å². The molecule has 0 amide bonds. The smallest absolute Gasteiger partial charge is 0.0594 e. The van der Waals surface area contributed by atoms with Crippen molar-refractivity contribution in [1.82, 2.24) is 4.98 Å². The monoisotopic (exact) mass is 215 g/mol. The standard InChI is InChI=1S/C7H10BrN3/c8-5-1-2-7(11-4-5)6(10)3-9/h1-2,4,6H,3,9-10H2/t6-/m0/s1. The normalized spacial score (nSPS) is 13.0. The third-order valence-electron chi connectivity index (χ3n) is 1.38. The van der Waals surface area contributed by atoms with E-state index in [9.17, 15) is 0 Å². The maximum Gasteiger partial charge on any atom is 0.0594 e. The highest BCUT2D eigenvalue weighted by Crippen LogP contribution is 2.10. The molecule has 0 fully saturated rings. The molecule has 1 aromatic heterocycles. The highest BCUT2D eigenvalue weighted by atomic mass is 79.9. The van der Waals surface area contributed by atoms with Crippen LogP contribution in [-0.4, -0.2) is 11.5 Å². The summed E-state index contributed by atoms with van der Waals surface area (Å²) in [7, 11) is 0. The minimum absolute atomic E-state index is 0.150. The summed E-state index contributed by atoms with van der Waals surface area (Å²) in [6.07, 6.45) is 1.71. The zero-order chi connectivity index (χ0) is 8.27. The number of hydrogen-bond acceptors (Lipinski definition) is 3. The Balaban J connectivity index is 2.81. The highest BCUT2D eigenvalue weighted by molar-refractivity contribution is 9.10. The second-order valence-corrected chi connectivity index (χ2v) is 3.16. The van der Waals surface area contributed by atoms with Gasteiger partial charge in [-0.1, -0.05) is 0 Å². The Bertz CT molecular complexity index is 222. The van der Waals surface area contributed by atoms with Crippen LogP contribution in [0, 0.1) is 0 Å².